The molecule has 0 aliphatic rings. The SMILES string of the molecule is C=Cc1ccc(C#N)c2c1ccn2S(=O)(=O)c1ccc(C)cc1.Cc1ccc(S(=O)(=O)n2ccc3c(Br)ccc(C#N)c32)cc1. The number of hydrogen-bond donors (Lipinski definition) is 0. The molecule has 4 aromatic carbocycles. The average Bonchev–Trinajstić information content (AvgIpc) is 3.69. The Hall–Kier alpha value is -4.94. The Kier molecular flexibility index (Phi) is 8.55. The third kappa shape index (κ3) is 5.69. The maximum absolute atomic E-state index is 12.9. The van der Waals surface area contributed by atoms with Crippen LogP contribution in [0.2, 0.25) is 0 Å². The van der Waals surface area contributed by atoms with Crippen molar-refractivity contribution in [3.63, 3.8) is 0 Å². The zero-order valence-electron chi connectivity index (χ0n) is 24.1. The van der Waals surface area contributed by atoms with Gasteiger partial charge in [0.15, 0.2) is 0 Å². The van der Waals surface area contributed by atoms with Crippen LogP contribution in [-0.4, -0.2) is 24.8 Å². The monoisotopic (exact) mass is 696 g/mol. The van der Waals surface area contributed by atoms with Crippen LogP contribution in [0.15, 0.2) is 118 Å². The highest BCUT2D eigenvalue weighted by Crippen LogP contribution is 2.31. The van der Waals surface area contributed by atoms with Crippen molar-refractivity contribution in [1.82, 2.24) is 7.94 Å². The van der Waals surface area contributed by atoms with Gasteiger partial charge in [0.05, 0.1) is 32.0 Å². The van der Waals surface area contributed by atoms with Gasteiger partial charge in [-0.25, -0.2) is 24.8 Å². The Morgan fingerprint density at radius 2 is 1.07 bits per heavy atom. The number of rotatable bonds is 5. The van der Waals surface area contributed by atoms with E-state index in [1.807, 2.05) is 13.8 Å². The lowest BCUT2D eigenvalue weighted by Gasteiger charge is -2.09. The van der Waals surface area contributed by atoms with E-state index < -0.39 is 20.0 Å². The molecular formula is C34H25BrN4O4S2. The summed E-state index contributed by atoms with van der Waals surface area (Å²) in [4.78, 5) is 0.382. The molecule has 224 valence electrons. The van der Waals surface area contributed by atoms with Crippen LogP contribution in [0.25, 0.3) is 27.9 Å². The first kappa shape index (κ1) is 31.5. The highest BCUT2D eigenvalue weighted by molar-refractivity contribution is 9.10. The summed E-state index contributed by atoms with van der Waals surface area (Å²) in [5.41, 5.74) is 4.15. The molecular weight excluding hydrogens is 672 g/mol. The average molecular weight is 698 g/mol. The molecule has 0 spiro atoms. The van der Waals surface area contributed by atoms with Crippen molar-refractivity contribution < 1.29 is 16.8 Å². The Labute approximate surface area is 269 Å². The first-order chi connectivity index (χ1) is 21.4. The van der Waals surface area contributed by atoms with Crippen LogP contribution in [0.1, 0.15) is 27.8 Å². The Bertz CT molecular complexity index is 2410. The summed E-state index contributed by atoms with van der Waals surface area (Å²) < 4.78 is 54.6. The standard InChI is InChI=1S/C18H14N2O2S.C16H11BrN2O2S/c1-3-14-6-7-15(12-19)18-17(14)10-11-20(18)23(21,22)16-8-4-13(2)5-9-16;1-11-2-5-13(6-3-11)22(20,21)19-9-8-14-15(17)7-4-12(10-18)16(14)19/h3-11H,1H2,2H3;2-9H,1H3. The van der Waals surface area contributed by atoms with E-state index in [0.717, 1.165) is 25.1 Å². The van der Waals surface area contributed by atoms with E-state index in [2.05, 4.69) is 34.6 Å². The molecule has 0 aliphatic heterocycles. The van der Waals surface area contributed by atoms with Crippen LogP contribution >= 0.6 is 15.9 Å². The fraction of sp³-hybridized carbons (Fsp3) is 0.0588. The van der Waals surface area contributed by atoms with Gasteiger partial charge < -0.3 is 0 Å². The van der Waals surface area contributed by atoms with Crippen LogP contribution in [0.4, 0.5) is 0 Å². The van der Waals surface area contributed by atoms with E-state index in [1.165, 1.54) is 16.4 Å². The van der Waals surface area contributed by atoms with Crippen molar-refractivity contribution in [2.24, 2.45) is 0 Å². The van der Waals surface area contributed by atoms with Crippen molar-refractivity contribution >= 4 is 63.9 Å². The molecule has 45 heavy (non-hydrogen) atoms. The van der Waals surface area contributed by atoms with Crippen LogP contribution in [0, 0.1) is 36.5 Å². The lowest BCUT2D eigenvalue weighted by atomic mass is 10.1. The number of halogens is 1. The maximum Gasteiger partial charge on any atom is 0.268 e. The van der Waals surface area contributed by atoms with Gasteiger partial charge in [0.2, 0.25) is 0 Å². The van der Waals surface area contributed by atoms with Gasteiger partial charge in [-0.05, 0) is 74.0 Å². The molecule has 0 radical (unpaired) electrons. The van der Waals surface area contributed by atoms with Crippen molar-refractivity contribution in [2.75, 3.05) is 0 Å². The largest absolute Gasteiger partial charge is 0.268 e. The molecule has 11 heteroatoms. The molecule has 0 saturated heterocycles. The lowest BCUT2D eigenvalue weighted by molar-refractivity contribution is 0.587. The van der Waals surface area contributed by atoms with E-state index in [1.54, 1.807) is 91.0 Å². The zero-order valence-corrected chi connectivity index (χ0v) is 27.4. The smallest absolute Gasteiger partial charge is 0.240 e. The Morgan fingerprint density at radius 1 is 0.644 bits per heavy atom. The molecule has 0 atom stereocenters. The number of hydrogen-bond acceptors (Lipinski definition) is 6. The topological polar surface area (TPSA) is 126 Å². The predicted octanol–water partition coefficient (Wildman–Crippen LogP) is 7.52. The molecule has 0 aliphatic carbocycles. The maximum atomic E-state index is 12.9. The second-order valence-corrected chi connectivity index (χ2v) is 14.6. The Balaban J connectivity index is 0.000000178. The highest BCUT2D eigenvalue weighted by atomic mass is 79.9. The number of fused-ring (bicyclic) bond motifs is 2. The molecule has 6 aromatic rings. The minimum Gasteiger partial charge on any atom is -0.240 e. The van der Waals surface area contributed by atoms with Crippen molar-refractivity contribution in [3.05, 3.63) is 136 Å². The van der Waals surface area contributed by atoms with Crippen molar-refractivity contribution in [2.45, 2.75) is 23.6 Å². The molecule has 2 heterocycles. The summed E-state index contributed by atoms with van der Waals surface area (Å²) in [5, 5.41) is 20.0. The third-order valence-electron chi connectivity index (χ3n) is 7.23. The fourth-order valence-corrected chi connectivity index (χ4v) is 8.04. The molecule has 0 saturated carbocycles. The number of nitriles is 2. The van der Waals surface area contributed by atoms with E-state index in [-0.39, 0.29) is 9.79 Å². The summed E-state index contributed by atoms with van der Waals surface area (Å²) in [5.74, 6) is 0. The minimum absolute atomic E-state index is 0.188. The molecule has 8 nitrogen and oxygen atoms in total. The lowest BCUT2D eigenvalue weighted by Crippen LogP contribution is -2.12. The fourth-order valence-electron chi connectivity index (χ4n) is 4.86. The van der Waals surface area contributed by atoms with Crippen molar-refractivity contribution in [1.29, 1.82) is 10.5 Å². The van der Waals surface area contributed by atoms with Gasteiger partial charge in [-0.1, -0.05) is 70.0 Å². The second kappa shape index (κ2) is 12.2. The van der Waals surface area contributed by atoms with E-state index in [4.69, 9.17) is 0 Å². The molecule has 0 N–H and O–H groups in total. The van der Waals surface area contributed by atoms with Gasteiger partial charge >= 0.3 is 0 Å². The summed E-state index contributed by atoms with van der Waals surface area (Å²) in [6, 6.07) is 27.5. The second-order valence-electron chi connectivity index (χ2n) is 10.1. The van der Waals surface area contributed by atoms with Gasteiger partial charge in [-0.2, -0.15) is 10.5 Å². The van der Waals surface area contributed by atoms with Gasteiger partial charge in [0.25, 0.3) is 20.0 Å². The number of aromatic nitrogens is 2. The summed E-state index contributed by atoms with van der Waals surface area (Å²) in [7, 11) is -7.51. The summed E-state index contributed by atoms with van der Waals surface area (Å²) in [6.45, 7) is 7.52. The molecule has 2 aromatic heterocycles. The normalized spacial score (nSPS) is 11.4. The van der Waals surface area contributed by atoms with Crippen LogP contribution in [-0.2, 0) is 20.0 Å². The van der Waals surface area contributed by atoms with Gasteiger partial charge in [-0.3, -0.25) is 0 Å². The molecule has 0 bridgehead atoms. The number of aryl methyl sites for hydroxylation is 2. The number of benzene rings is 4. The van der Waals surface area contributed by atoms with Crippen LogP contribution < -0.4 is 0 Å². The van der Waals surface area contributed by atoms with Crippen molar-refractivity contribution in [3.8, 4) is 12.1 Å². The molecule has 0 amide bonds. The van der Waals surface area contributed by atoms with Crippen LogP contribution in [0.3, 0.4) is 0 Å². The first-order valence-corrected chi connectivity index (χ1v) is 17.1. The number of nitrogens with zero attached hydrogens (tertiary/aromatic N) is 4. The minimum atomic E-state index is -3.77. The molecule has 6 rings (SSSR count). The summed E-state index contributed by atoms with van der Waals surface area (Å²) in [6.07, 6.45) is 4.60. The van der Waals surface area contributed by atoms with Crippen LogP contribution in [0.5, 0.6) is 0 Å². The first-order valence-electron chi connectivity index (χ1n) is 13.4. The van der Waals surface area contributed by atoms with Gasteiger partial charge in [0.1, 0.15) is 12.1 Å². The van der Waals surface area contributed by atoms with E-state index >= 15 is 0 Å². The third-order valence-corrected chi connectivity index (χ3v) is 11.3. The van der Waals surface area contributed by atoms with Gasteiger partial charge in [0, 0.05) is 27.6 Å². The van der Waals surface area contributed by atoms with E-state index in [9.17, 15) is 27.4 Å². The highest BCUT2D eigenvalue weighted by Gasteiger charge is 2.22. The molecule has 0 unspecified atom stereocenters. The zero-order chi connectivity index (χ0) is 32.5. The summed E-state index contributed by atoms with van der Waals surface area (Å²) >= 11 is 3.39. The van der Waals surface area contributed by atoms with E-state index in [0.29, 0.717) is 32.9 Å². The Morgan fingerprint density at radius 3 is 1.51 bits per heavy atom. The predicted molar refractivity (Wildman–Crippen MR) is 179 cm³/mol. The quantitative estimate of drug-likeness (QED) is 0.184. The molecule has 0 fully saturated rings. The van der Waals surface area contributed by atoms with Gasteiger partial charge in [-0.15, -0.1) is 0 Å².